The summed E-state index contributed by atoms with van der Waals surface area (Å²) in [5.74, 6) is 0.838. The quantitative estimate of drug-likeness (QED) is 0.422. The summed E-state index contributed by atoms with van der Waals surface area (Å²) in [6, 6.07) is 10.0. The van der Waals surface area contributed by atoms with Gasteiger partial charge in [0.1, 0.15) is 11.4 Å². The average molecular weight is 453 g/mol. The molecule has 2 aromatic carbocycles. The molecule has 174 valence electrons. The SMILES string of the molecule is COc1ccc(N2CCN(c3cc(N4CCCCCC4)c([N+](=O)[O-])c4nonc34)CC2)cc1. The molecular formula is C23H28N6O4. The minimum absolute atomic E-state index is 0.00577. The minimum atomic E-state index is -0.349. The van der Waals surface area contributed by atoms with Crippen molar-refractivity contribution in [3.63, 3.8) is 0 Å². The molecule has 3 aromatic rings. The van der Waals surface area contributed by atoms with Crippen LogP contribution in [0.15, 0.2) is 35.0 Å². The van der Waals surface area contributed by atoms with Crippen LogP contribution in [-0.2, 0) is 0 Å². The Labute approximate surface area is 191 Å². The van der Waals surface area contributed by atoms with E-state index in [0.29, 0.717) is 11.2 Å². The molecule has 0 unspecified atom stereocenters. The van der Waals surface area contributed by atoms with Crippen LogP contribution >= 0.6 is 0 Å². The Bertz CT molecular complexity index is 1120. The van der Waals surface area contributed by atoms with E-state index in [4.69, 9.17) is 9.37 Å². The summed E-state index contributed by atoms with van der Waals surface area (Å²) in [7, 11) is 1.66. The van der Waals surface area contributed by atoms with E-state index in [1.54, 1.807) is 7.11 Å². The molecule has 0 atom stereocenters. The van der Waals surface area contributed by atoms with Gasteiger partial charge in [-0.25, -0.2) is 4.63 Å². The third-order valence-electron chi connectivity index (χ3n) is 6.66. The molecule has 33 heavy (non-hydrogen) atoms. The maximum Gasteiger partial charge on any atom is 0.323 e. The Balaban J connectivity index is 1.45. The highest BCUT2D eigenvalue weighted by atomic mass is 16.6. The van der Waals surface area contributed by atoms with Gasteiger partial charge >= 0.3 is 5.69 Å². The number of ether oxygens (including phenoxy) is 1. The molecule has 0 aliphatic carbocycles. The maximum absolute atomic E-state index is 12.0. The second-order valence-corrected chi connectivity index (χ2v) is 8.56. The Morgan fingerprint density at radius 3 is 2.09 bits per heavy atom. The highest BCUT2D eigenvalue weighted by molar-refractivity contribution is 6.00. The van der Waals surface area contributed by atoms with Gasteiger partial charge in [-0.05, 0) is 53.5 Å². The molecule has 0 amide bonds. The number of methoxy groups -OCH3 is 1. The predicted molar refractivity (Wildman–Crippen MR) is 127 cm³/mol. The maximum atomic E-state index is 12.0. The summed E-state index contributed by atoms with van der Waals surface area (Å²) in [6.45, 7) is 4.81. The number of nitro benzene ring substituents is 1. The van der Waals surface area contributed by atoms with Crippen molar-refractivity contribution in [1.29, 1.82) is 0 Å². The molecular weight excluding hydrogens is 424 g/mol. The van der Waals surface area contributed by atoms with E-state index < -0.39 is 0 Å². The zero-order valence-electron chi connectivity index (χ0n) is 18.8. The lowest BCUT2D eigenvalue weighted by Gasteiger charge is -2.37. The van der Waals surface area contributed by atoms with E-state index in [-0.39, 0.29) is 16.1 Å². The van der Waals surface area contributed by atoms with Crippen LogP contribution in [0.2, 0.25) is 0 Å². The van der Waals surface area contributed by atoms with E-state index in [1.807, 2.05) is 18.2 Å². The zero-order valence-corrected chi connectivity index (χ0v) is 18.8. The van der Waals surface area contributed by atoms with Crippen LogP contribution < -0.4 is 19.4 Å². The zero-order chi connectivity index (χ0) is 22.8. The van der Waals surface area contributed by atoms with E-state index in [2.05, 4.69) is 37.1 Å². The smallest absolute Gasteiger partial charge is 0.323 e. The van der Waals surface area contributed by atoms with Gasteiger partial charge in [-0.2, -0.15) is 0 Å². The van der Waals surface area contributed by atoms with Gasteiger partial charge in [0.2, 0.25) is 5.52 Å². The third kappa shape index (κ3) is 4.12. The number of hydrogen-bond acceptors (Lipinski definition) is 9. The Morgan fingerprint density at radius 1 is 0.848 bits per heavy atom. The number of fused-ring (bicyclic) bond motifs is 1. The first-order valence-corrected chi connectivity index (χ1v) is 11.5. The van der Waals surface area contributed by atoms with Crippen LogP contribution in [-0.4, -0.2) is 61.6 Å². The molecule has 0 radical (unpaired) electrons. The van der Waals surface area contributed by atoms with Gasteiger partial charge < -0.3 is 19.4 Å². The van der Waals surface area contributed by atoms with Crippen LogP contribution in [0.1, 0.15) is 25.7 Å². The number of nitrogens with zero attached hydrogens (tertiary/aromatic N) is 6. The highest BCUT2D eigenvalue weighted by Gasteiger charge is 2.31. The summed E-state index contributed by atoms with van der Waals surface area (Å²) >= 11 is 0. The first kappa shape index (κ1) is 21.3. The third-order valence-corrected chi connectivity index (χ3v) is 6.66. The number of rotatable bonds is 5. The topological polar surface area (TPSA) is 101 Å². The lowest BCUT2D eigenvalue weighted by Crippen LogP contribution is -2.46. The fourth-order valence-corrected chi connectivity index (χ4v) is 4.87. The predicted octanol–water partition coefficient (Wildman–Crippen LogP) is 3.85. The molecule has 2 aliphatic heterocycles. The van der Waals surface area contributed by atoms with Gasteiger partial charge in [0.25, 0.3) is 0 Å². The summed E-state index contributed by atoms with van der Waals surface area (Å²) < 4.78 is 10.3. The molecule has 3 heterocycles. The van der Waals surface area contributed by atoms with Gasteiger partial charge in [-0.3, -0.25) is 10.1 Å². The van der Waals surface area contributed by atoms with Crippen LogP contribution in [0, 0.1) is 10.1 Å². The number of piperazine rings is 1. The van der Waals surface area contributed by atoms with E-state index in [1.165, 1.54) is 0 Å². The number of hydrogen-bond donors (Lipinski definition) is 0. The Hall–Kier alpha value is -3.56. The monoisotopic (exact) mass is 452 g/mol. The molecule has 5 rings (SSSR count). The van der Waals surface area contributed by atoms with Crippen molar-refractivity contribution in [3.8, 4) is 5.75 Å². The molecule has 0 N–H and O–H groups in total. The van der Waals surface area contributed by atoms with Crippen molar-refractivity contribution in [2.24, 2.45) is 0 Å². The molecule has 0 spiro atoms. The standard InChI is InChI=1S/C23H28N6O4/c1-32-18-8-6-17(7-9-18)26-12-14-28(15-13-26)19-16-20(27-10-4-2-3-5-11-27)23(29(30)31)22-21(19)24-33-25-22/h6-9,16H,2-5,10-15H2,1H3. The molecule has 0 bridgehead atoms. The van der Waals surface area contributed by atoms with Gasteiger partial charge in [0.05, 0.1) is 17.7 Å². The number of nitro groups is 1. The second kappa shape index (κ2) is 9.13. The van der Waals surface area contributed by atoms with Gasteiger partial charge in [-0.15, -0.1) is 0 Å². The molecule has 10 heteroatoms. The number of anilines is 3. The average Bonchev–Trinajstić information content (AvgIpc) is 3.17. The van der Waals surface area contributed by atoms with Crippen LogP contribution in [0.4, 0.5) is 22.7 Å². The Morgan fingerprint density at radius 2 is 1.45 bits per heavy atom. The van der Waals surface area contributed by atoms with E-state index in [0.717, 1.165) is 82.1 Å². The summed E-state index contributed by atoms with van der Waals surface area (Å²) in [5, 5.41) is 20.0. The number of aromatic nitrogens is 2. The Kier molecular flexibility index (Phi) is 5.89. The highest BCUT2D eigenvalue weighted by Crippen LogP contribution is 2.41. The normalized spacial score (nSPS) is 17.3. The van der Waals surface area contributed by atoms with Crippen molar-refractivity contribution in [2.45, 2.75) is 25.7 Å². The van der Waals surface area contributed by atoms with Crippen LogP contribution in [0.5, 0.6) is 5.75 Å². The van der Waals surface area contributed by atoms with E-state index >= 15 is 0 Å². The lowest BCUT2D eigenvalue weighted by molar-refractivity contribution is -0.382. The van der Waals surface area contributed by atoms with Crippen molar-refractivity contribution in [2.75, 3.05) is 61.1 Å². The van der Waals surface area contributed by atoms with E-state index in [9.17, 15) is 10.1 Å². The van der Waals surface area contributed by atoms with Crippen molar-refractivity contribution >= 4 is 33.8 Å². The number of benzene rings is 2. The molecule has 10 nitrogen and oxygen atoms in total. The molecule has 0 saturated carbocycles. The van der Waals surface area contributed by atoms with Gasteiger partial charge in [0.15, 0.2) is 5.52 Å². The molecule has 1 aromatic heterocycles. The van der Waals surface area contributed by atoms with Crippen LogP contribution in [0.25, 0.3) is 11.0 Å². The van der Waals surface area contributed by atoms with Crippen molar-refractivity contribution in [3.05, 3.63) is 40.4 Å². The first-order chi connectivity index (χ1) is 16.2. The summed E-state index contributed by atoms with van der Waals surface area (Å²) in [5.41, 5.74) is 3.31. The molecule has 2 fully saturated rings. The van der Waals surface area contributed by atoms with Crippen LogP contribution in [0.3, 0.4) is 0 Å². The van der Waals surface area contributed by atoms with Gasteiger partial charge in [0, 0.05) is 45.0 Å². The largest absolute Gasteiger partial charge is 0.497 e. The van der Waals surface area contributed by atoms with Crippen molar-refractivity contribution < 1.29 is 14.3 Å². The summed E-state index contributed by atoms with van der Waals surface area (Å²) in [6.07, 6.45) is 4.36. The first-order valence-electron chi connectivity index (χ1n) is 11.5. The molecule has 2 aliphatic rings. The fourth-order valence-electron chi connectivity index (χ4n) is 4.87. The second-order valence-electron chi connectivity index (χ2n) is 8.56. The fraction of sp³-hybridized carbons (Fsp3) is 0.478. The molecule has 2 saturated heterocycles. The summed E-state index contributed by atoms with van der Waals surface area (Å²) in [4.78, 5) is 18.4. The van der Waals surface area contributed by atoms with Crippen molar-refractivity contribution in [1.82, 2.24) is 10.3 Å². The lowest BCUT2D eigenvalue weighted by atomic mass is 10.1. The minimum Gasteiger partial charge on any atom is -0.497 e. The van der Waals surface area contributed by atoms with Gasteiger partial charge in [-0.1, -0.05) is 12.8 Å².